The molecule has 2 atom stereocenters. The fraction of sp³-hybridized carbons (Fsp3) is 0.346. The highest BCUT2D eigenvalue weighted by atomic mass is 16.5. The van der Waals surface area contributed by atoms with E-state index < -0.39 is 0 Å². The van der Waals surface area contributed by atoms with Crippen molar-refractivity contribution in [2.45, 2.75) is 38.8 Å². The second-order valence-corrected chi connectivity index (χ2v) is 8.47. The minimum atomic E-state index is 0.377. The molecule has 0 aliphatic heterocycles. The number of aryl methyl sites for hydroxylation is 1. The molecule has 0 saturated heterocycles. The highest BCUT2D eigenvalue weighted by molar-refractivity contribution is 5.46. The monoisotopic (exact) mass is 416 g/mol. The van der Waals surface area contributed by atoms with E-state index in [0.29, 0.717) is 12.0 Å². The Morgan fingerprint density at radius 2 is 1.74 bits per heavy atom. The fourth-order valence-corrected chi connectivity index (χ4v) is 4.39. The number of nitrogens with one attached hydrogen (secondary N) is 1. The zero-order valence-electron chi connectivity index (χ0n) is 19.1. The normalized spacial score (nSPS) is 17.8. The number of hydrogen-bond donors (Lipinski definition) is 1. The van der Waals surface area contributed by atoms with Gasteiger partial charge in [-0.1, -0.05) is 24.3 Å². The van der Waals surface area contributed by atoms with E-state index in [4.69, 9.17) is 9.84 Å². The third-order valence-corrected chi connectivity index (χ3v) is 6.14. The molecule has 0 bridgehead atoms. The first-order chi connectivity index (χ1) is 15.0. The van der Waals surface area contributed by atoms with Gasteiger partial charge < -0.3 is 15.0 Å². The van der Waals surface area contributed by atoms with Crippen LogP contribution in [0.25, 0.3) is 5.69 Å². The first kappa shape index (κ1) is 21.2. The van der Waals surface area contributed by atoms with Gasteiger partial charge in [0.05, 0.1) is 18.5 Å². The Morgan fingerprint density at radius 3 is 2.39 bits per heavy atom. The van der Waals surface area contributed by atoms with Crippen LogP contribution in [0.15, 0.2) is 60.7 Å². The van der Waals surface area contributed by atoms with Gasteiger partial charge in [-0.25, -0.2) is 4.68 Å². The lowest BCUT2D eigenvalue weighted by Crippen LogP contribution is -2.25. The van der Waals surface area contributed by atoms with Crippen LogP contribution < -0.4 is 15.0 Å². The maximum atomic E-state index is 5.28. The zero-order chi connectivity index (χ0) is 22.0. The number of benzene rings is 2. The molecule has 0 saturated carbocycles. The number of nitrogens with zero attached hydrogens (tertiary/aromatic N) is 3. The van der Waals surface area contributed by atoms with Crippen molar-refractivity contribution in [1.82, 2.24) is 15.1 Å². The summed E-state index contributed by atoms with van der Waals surface area (Å²) in [6, 6.07) is 17.2. The lowest BCUT2D eigenvalue weighted by molar-refractivity contribution is 0.414. The molecule has 0 spiro atoms. The van der Waals surface area contributed by atoms with Gasteiger partial charge in [-0.05, 0) is 62.2 Å². The molecule has 1 aromatic heterocycles. The maximum Gasteiger partial charge on any atom is 0.119 e. The first-order valence-electron chi connectivity index (χ1n) is 10.8. The number of aromatic nitrogens is 2. The second kappa shape index (κ2) is 8.98. The molecule has 5 heteroatoms. The molecule has 4 rings (SSSR count). The minimum Gasteiger partial charge on any atom is -0.497 e. The summed E-state index contributed by atoms with van der Waals surface area (Å²) in [7, 11) is 5.82. The third-order valence-electron chi connectivity index (χ3n) is 6.14. The summed E-state index contributed by atoms with van der Waals surface area (Å²) in [5.74, 6) is 1.25. The van der Waals surface area contributed by atoms with Crippen LogP contribution in [0, 0.1) is 13.8 Å². The van der Waals surface area contributed by atoms with Crippen molar-refractivity contribution >= 4 is 5.69 Å². The number of methoxy groups -OCH3 is 1. The van der Waals surface area contributed by atoms with Crippen LogP contribution in [0.3, 0.4) is 0 Å². The molecule has 0 unspecified atom stereocenters. The lowest BCUT2D eigenvalue weighted by atomic mass is 9.96. The van der Waals surface area contributed by atoms with Crippen LogP contribution in [0.5, 0.6) is 5.75 Å². The van der Waals surface area contributed by atoms with Gasteiger partial charge in [0, 0.05) is 49.5 Å². The molecule has 1 aliphatic carbocycles. The topological polar surface area (TPSA) is 42.3 Å². The number of allylic oxidation sites excluding steroid dienone is 1. The Balaban J connectivity index is 1.42. The molecule has 0 fully saturated rings. The van der Waals surface area contributed by atoms with Gasteiger partial charge in [-0.2, -0.15) is 5.10 Å². The molecule has 3 aromatic rings. The zero-order valence-corrected chi connectivity index (χ0v) is 19.1. The standard InChI is InChI=1S/C26H32N4O/c1-18-26(19(2)30(28-18)24-12-14-25(31-5)15-13-24)21-8-9-22(16-21)27-17-20-6-10-23(11-7-20)29(3)4/h6-15,21-22,27H,16-17H2,1-5H3/t21-,22+/m0/s1. The van der Waals surface area contributed by atoms with Crippen LogP contribution in [0.1, 0.15) is 34.9 Å². The van der Waals surface area contributed by atoms with Crippen molar-refractivity contribution < 1.29 is 4.74 Å². The molecule has 5 nitrogen and oxygen atoms in total. The van der Waals surface area contributed by atoms with Crippen molar-refractivity contribution in [3.63, 3.8) is 0 Å². The van der Waals surface area contributed by atoms with Crippen molar-refractivity contribution in [2.75, 3.05) is 26.1 Å². The number of rotatable bonds is 7. The Hall–Kier alpha value is -3.05. The van der Waals surface area contributed by atoms with Crippen molar-refractivity contribution in [2.24, 2.45) is 0 Å². The van der Waals surface area contributed by atoms with E-state index in [1.165, 1.54) is 22.5 Å². The van der Waals surface area contributed by atoms with E-state index in [1.807, 2.05) is 16.8 Å². The summed E-state index contributed by atoms with van der Waals surface area (Å²) in [5, 5.41) is 8.53. The average Bonchev–Trinajstić information content (AvgIpc) is 3.36. The van der Waals surface area contributed by atoms with Crippen LogP contribution in [0.4, 0.5) is 5.69 Å². The summed E-state index contributed by atoms with van der Waals surface area (Å²) in [5.41, 5.74) is 7.24. The second-order valence-electron chi connectivity index (χ2n) is 8.47. The molecule has 1 N–H and O–H groups in total. The summed E-state index contributed by atoms with van der Waals surface area (Å²) >= 11 is 0. The van der Waals surface area contributed by atoms with Gasteiger partial charge in [-0.15, -0.1) is 0 Å². The van der Waals surface area contributed by atoms with Gasteiger partial charge in [0.1, 0.15) is 5.75 Å². The molecular formula is C26H32N4O. The van der Waals surface area contributed by atoms with E-state index in [9.17, 15) is 0 Å². The van der Waals surface area contributed by atoms with Gasteiger partial charge in [0.2, 0.25) is 0 Å². The summed E-state index contributed by atoms with van der Waals surface area (Å²) in [4.78, 5) is 2.12. The average molecular weight is 417 g/mol. The van der Waals surface area contributed by atoms with Crippen molar-refractivity contribution in [1.29, 1.82) is 0 Å². The smallest absolute Gasteiger partial charge is 0.119 e. The van der Waals surface area contributed by atoms with Gasteiger partial charge in [0.15, 0.2) is 0 Å². The van der Waals surface area contributed by atoms with Crippen LogP contribution in [-0.2, 0) is 6.54 Å². The maximum absolute atomic E-state index is 5.28. The van der Waals surface area contributed by atoms with Gasteiger partial charge >= 0.3 is 0 Å². The number of hydrogen-bond acceptors (Lipinski definition) is 4. The molecule has 2 aromatic carbocycles. The molecule has 1 heterocycles. The summed E-state index contributed by atoms with van der Waals surface area (Å²) < 4.78 is 7.33. The Morgan fingerprint density at radius 1 is 1.03 bits per heavy atom. The van der Waals surface area contributed by atoms with E-state index in [1.54, 1.807) is 7.11 Å². The largest absolute Gasteiger partial charge is 0.497 e. The Bertz CT molecular complexity index is 1050. The predicted octanol–water partition coefficient (Wildman–Crippen LogP) is 4.77. The third kappa shape index (κ3) is 4.52. The van der Waals surface area contributed by atoms with Crippen LogP contribution >= 0.6 is 0 Å². The number of ether oxygens (including phenoxy) is 1. The highest BCUT2D eigenvalue weighted by Gasteiger charge is 2.26. The predicted molar refractivity (Wildman–Crippen MR) is 127 cm³/mol. The van der Waals surface area contributed by atoms with Crippen molar-refractivity contribution in [3.05, 3.63) is 83.2 Å². The lowest BCUT2D eigenvalue weighted by Gasteiger charge is -2.16. The van der Waals surface area contributed by atoms with Crippen LogP contribution in [0.2, 0.25) is 0 Å². The highest BCUT2D eigenvalue weighted by Crippen LogP contribution is 2.34. The molecule has 31 heavy (non-hydrogen) atoms. The molecule has 0 radical (unpaired) electrons. The van der Waals surface area contributed by atoms with E-state index >= 15 is 0 Å². The van der Waals surface area contributed by atoms with Gasteiger partial charge in [0.25, 0.3) is 0 Å². The molecule has 162 valence electrons. The minimum absolute atomic E-state index is 0.377. The summed E-state index contributed by atoms with van der Waals surface area (Å²) in [6.07, 6.45) is 5.70. The quantitative estimate of drug-likeness (QED) is 0.564. The molecular weight excluding hydrogens is 384 g/mol. The van der Waals surface area contributed by atoms with Crippen molar-refractivity contribution in [3.8, 4) is 11.4 Å². The van der Waals surface area contributed by atoms with E-state index in [-0.39, 0.29) is 0 Å². The Kier molecular flexibility index (Phi) is 6.14. The molecule has 0 amide bonds. The van der Waals surface area contributed by atoms with Crippen LogP contribution in [-0.4, -0.2) is 37.0 Å². The SMILES string of the molecule is COc1ccc(-n2nc(C)c([C@H]3C=C[C@@H](NCc4ccc(N(C)C)cc4)C3)c2C)cc1. The number of anilines is 1. The molecule has 1 aliphatic rings. The van der Waals surface area contributed by atoms with Gasteiger partial charge in [-0.3, -0.25) is 0 Å². The van der Waals surface area contributed by atoms with E-state index in [2.05, 4.69) is 86.7 Å². The van der Waals surface area contributed by atoms with E-state index in [0.717, 1.165) is 30.1 Å². The first-order valence-corrected chi connectivity index (χ1v) is 10.8. The fourth-order valence-electron chi connectivity index (χ4n) is 4.39. The summed E-state index contributed by atoms with van der Waals surface area (Å²) in [6.45, 7) is 5.15. The Labute approximate surface area is 185 Å².